The number of carboxylic acids is 1. The smallest absolute Gasteiger partial charge is 0.407 e. The predicted octanol–water partition coefficient (Wildman–Crippen LogP) is 2.89. The highest BCUT2D eigenvalue weighted by Crippen LogP contribution is 2.44. The molecule has 2 aliphatic rings. The van der Waals surface area contributed by atoms with E-state index in [1.807, 2.05) is 36.4 Å². The van der Waals surface area contributed by atoms with Crippen molar-refractivity contribution in [2.24, 2.45) is 11.8 Å². The van der Waals surface area contributed by atoms with Crippen molar-refractivity contribution in [2.75, 3.05) is 19.7 Å². The Labute approximate surface area is 198 Å². The molecule has 0 bridgehead atoms. The van der Waals surface area contributed by atoms with Crippen LogP contribution in [0.2, 0.25) is 0 Å². The Morgan fingerprint density at radius 2 is 1.62 bits per heavy atom. The third-order valence-corrected chi connectivity index (χ3v) is 6.78. The first-order valence-electron chi connectivity index (χ1n) is 11.7. The average Bonchev–Trinajstić information content (AvgIpc) is 3.43. The molecule has 2 aromatic rings. The summed E-state index contributed by atoms with van der Waals surface area (Å²) in [5.41, 5.74) is 4.50. The quantitative estimate of drug-likeness (QED) is 0.450. The number of benzene rings is 2. The molecule has 180 valence electrons. The van der Waals surface area contributed by atoms with Gasteiger partial charge in [0.1, 0.15) is 6.61 Å². The number of carbonyl (C=O) groups excluding carboxylic acids is 2. The predicted molar refractivity (Wildman–Crippen MR) is 125 cm³/mol. The lowest BCUT2D eigenvalue weighted by Gasteiger charge is -2.18. The van der Waals surface area contributed by atoms with Crippen LogP contribution in [0.4, 0.5) is 4.79 Å². The van der Waals surface area contributed by atoms with E-state index < -0.39 is 24.1 Å². The third-order valence-electron chi connectivity index (χ3n) is 6.78. The van der Waals surface area contributed by atoms with Crippen LogP contribution in [0.3, 0.4) is 0 Å². The van der Waals surface area contributed by atoms with E-state index in [0.29, 0.717) is 6.42 Å². The minimum absolute atomic E-state index is 0.0564. The van der Waals surface area contributed by atoms with E-state index in [2.05, 4.69) is 22.8 Å². The first kappa shape index (κ1) is 23.8. The molecular weight excluding hydrogens is 436 g/mol. The van der Waals surface area contributed by atoms with E-state index >= 15 is 0 Å². The number of hydrogen-bond acceptors (Lipinski definition) is 5. The van der Waals surface area contributed by atoms with Crippen LogP contribution in [0.1, 0.15) is 42.7 Å². The summed E-state index contributed by atoms with van der Waals surface area (Å²) in [5, 5.41) is 24.5. The van der Waals surface area contributed by atoms with Crippen LogP contribution in [0.25, 0.3) is 11.1 Å². The van der Waals surface area contributed by atoms with E-state index in [1.54, 1.807) is 0 Å². The van der Waals surface area contributed by atoms with Gasteiger partial charge in [0.25, 0.3) is 0 Å². The molecule has 4 N–H and O–H groups in total. The van der Waals surface area contributed by atoms with Crippen molar-refractivity contribution in [1.82, 2.24) is 10.6 Å². The van der Waals surface area contributed by atoms with Gasteiger partial charge in [-0.3, -0.25) is 9.59 Å². The Morgan fingerprint density at radius 1 is 0.971 bits per heavy atom. The molecule has 1 unspecified atom stereocenters. The maximum atomic E-state index is 12.2. The van der Waals surface area contributed by atoms with Gasteiger partial charge in [0.05, 0.1) is 18.4 Å². The molecule has 8 nitrogen and oxygen atoms in total. The zero-order valence-electron chi connectivity index (χ0n) is 18.9. The highest BCUT2D eigenvalue weighted by atomic mass is 16.5. The number of fused-ring (bicyclic) bond motifs is 3. The molecule has 2 amide bonds. The summed E-state index contributed by atoms with van der Waals surface area (Å²) >= 11 is 0. The number of alkyl carbamates (subject to hydrolysis) is 1. The molecule has 0 radical (unpaired) electrons. The van der Waals surface area contributed by atoms with Crippen molar-refractivity contribution in [1.29, 1.82) is 0 Å². The molecule has 3 atom stereocenters. The van der Waals surface area contributed by atoms with Gasteiger partial charge in [-0.2, -0.15) is 0 Å². The lowest BCUT2D eigenvalue weighted by atomic mass is 9.96. The van der Waals surface area contributed by atoms with E-state index in [-0.39, 0.29) is 43.9 Å². The maximum absolute atomic E-state index is 12.2. The normalized spacial score (nSPS) is 19.7. The second kappa shape index (κ2) is 10.7. The molecule has 8 heteroatoms. The first-order valence-corrected chi connectivity index (χ1v) is 11.7. The van der Waals surface area contributed by atoms with Gasteiger partial charge in [-0.15, -0.1) is 0 Å². The van der Waals surface area contributed by atoms with E-state index in [4.69, 9.17) is 4.74 Å². The number of aliphatic hydroxyl groups excluding tert-OH is 1. The fourth-order valence-corrected chi connectivity index (χ4v) is 5.06. The minimum atomic E-state index is -1.07. The largest absolute Gasteiger partial charge is 0.481 e. The van der Waals surface area contributed by atoms with Gasteiger partial charge < -0.3 is 25.6 Å². The Balaban J connectivity index is 1.19. The van der Waals surface area contributed by atoms with E-state index in [0.717, 1.165) is 35.1 Å². The van der Waals surface area contributed by atoms with Crippen molar-refractivity contribution in [2.45, 2.75) is 37.7 Å². The van der Waals surface area contributed by atoms with Crippen LogP contribution in [0, 0.1) is 11.8 Å². The van der Waals surface area contributed by atoms with Crippen molar-refractivity contribution in [3.63, 3.8) is 0 Å². The second-order valence-corrected chi connectivity index (χ2v) is 9.00. The molecule has 0 saturated heterocycles. The van der Waals surface area contributed by atoms with E-state index in [1.165, 1.54) is 0 Å². The fraction of sp³-hybridized carbons (Fsp3) is 0.423. The summed E-state index contributed by atoms with van der Waals surface area (Å²) in [5.74, 6) is -1.78. The number of carboxylic acid groups (broad SMARTS) is 1. The van der Waals surface area contributed by atoms with Crippen molar-refractivity contribution in [3.05, 3.63) is 59.7 Å². The summed E-state index contributed by atoms with van der Waals surface area (Å²) in [6, 6.07) is 16.1. The topological polar surface area (TPSA) is 125 Å². The number of nitrogens with one attached hydrogen (secondary N) is 2. The molecule has 1 fully saturated rings. The molecule has 1 saturated carbocycles. The molecule has 4 rings (SSSR count). The average molecular weight is 467 g/mol. The molecule has 0 aromatic heterocycles. The lowest BCUT2D eigenvalue weighted by molar-refractivity contribution is -0.143. The van der Waals surface area contributed by atoms with Crippen molar-refractivity contribution < 1.29 is 29.3 Å². The van der Waals surface area contributed by atoms with E-state index in [9.17, 15) is 24.6 Å². The Hall–Kier alpha value is -3.39. The van der Waals surface area contributed by atoms with Crippen LogP contribution < -0.4 is 10.6 Å². The summed E-state index contributed by atoms with van der Waals surface area (Å²) in [4.78, 5) is 35.6. The zero-order valence-corrected chi connectivity index (χ0v) is 18.9. The number of rotatable bonds is 9. The number of aliphatic carboxylic acids is 1. The van der Waals surface area contributed by atoms with Crippen LogP contribution in [-0.4, -0.2) is 54.0 Å². The lowest BCUT2D eigenvalue weighted by Crippen LogP contribution is -2.38. The van der Waals surface area contributed by atoms with Gasteiger partial charge in [0, 0.05) is 19.0 Å². The van der Waals surface area contributed by atoms with Crippen LogP contribution in [0.15, 0.2) is 48.5 Å². The number of carbonyl (C=O) groups is 3. The number of amides is 2. The molecule has 34 heavy (non-hydrogen) atoms. The highest BCUT2D eigenvalue weighted by molar-refractivity contribution is 5.79. The van der Waals surface area contributed by atoms with Gasteiger partial charge in [-0.25, -0.2) is 4.79 Å². The minimum Gasteiger partial charge on any atom is -0.481 e. The summed E-state index contributed by atoms with van der Waals surface area (Å²) in [6.45, 7) is 0.330. The summed E-state index contributed by atoms with van der Waals surface area (Å²) in [6.07, 6.45) is 0.320. The van der Waals surface area contributed by atoms with Crippen molar-refractivity contribution >= 4 is 18.0 Å². The van der Waals surface area contributed by atoms with Crippen LogP contribution in [-0.2, 0) is 14.3 Å². The molecule has 0 aliphatic heterocycles. The number of hydrogen-bond donors (Lipinski definition) is 4. The number of ether oxygens (including phenoxy) is 1. The Morgan fingerprint density at radius 3 is 2.26 bits per heavy atom. The molecule has 0 spiro atoms. The van der Waals surface area contributed by atoms with Gasteiger partial charge >= 0.3 is 12.1 Å². The summed E-state index contributed by atoms with van der Waals surface area (Å²) in [7, 11) is 0. The molecule has 2 aliphatic carbocycles. The highest BCUT2D eigenvalue weighted by Gasteiger charge is 2.33. The maximum Gasteiger partial charge on any atom is 0.407 e. The third kappa shape index (κ3) is 5.39. The molecule has 2 aromatic carbocycles. The standard InChI is InChI=1S/C26H30N2O6/c29-17(12-24(30)27-13-16-6-5-11-18(16)25(31)32)14-28-26(33)34-15-23-21-9-3-1-7-19(21)20-8-2-4-10-22(20)23/h1-4,7-10,16-18,23,29H,5-6,11-15H2,(H,27,30)(H,28,33)(H,31,32)/t16-,17?,18-/m0/s1. The van der Waals surface area contributed by atoms with Gasteiger partial charge in [-0.05, 0) is 41.0 Å². The van der Waals surface area contributed by atoms with Crippen LogP contribution >= 0.6 is 0 Å². The monoisotopic (exact) mass is 466 g/mol. The first-order chi connectivity index (χ1) is 16.4. The molecule has 0 heterocycles. The number of aliphatic hydroxyl groups is 1. The van der Waals surface area contributed by atoms with Crippen LogP contribution in [0.5, 0.6) is 0 Å². The molecular formula is C26H30N2O6. The van der Waals surface area contributed by atoms with Gasteiger partial charge in [0.2, 0.25) is 5.91 Å². The zero-order chi connectivity index (χ0) is 24.1. The van der Waals surface area contributed by atoms with Gasteiger partial charge in [0.15, 0.2) is 0 Å². The van der Waals surface area contributed by atoms with Crippen molar-refractivity contribution in [3.8, 4) is 11.1 Å². The second-order valence-electron chi connectivity index (χ2n) is 9.00. The SMILES string of the molecule is O=C(CC(O)CNC(=O)OCC1c2ccccc2-c2ccccc21)NC[C@@H]1CCC[C@@H]1C(=O)O. The summed E-state index contributed by atoms with van der Waals surface area (Å²) < 4.78 is 5.43. The fourth-order valence-electron chi connectivity index (χ4n) is 5.06. The van der Waals surface area contributed by atoms with Gasteiger partial charge in [-0.1, -0.05) is 55.0 Å². The Bertz CT molecular complexity index is 1010. The Kier molecular flexibility index (Phi) is 7.47.